The van der Waals surface area contributed by atoms with Crippen molar-refractivity contribution in [3.8, 4) is 0 Å². The van der Waals surface area contributed by atoms with Crippen LogP contribution in [0.4, 0.5) is 0 Å². The van der Waals surface area contributed by atoms with E-state index in [1.54, 1.807) is 15.3 Å². The second kappa shape index (κ2) is 4.97. The maximum absolute atomic E-state index is 3.76. The summed E-state index contributed by atoms with van der Waals surface area (Å²) in [6.07, 6.45) is 9.68. The average molecular weight is 263 g/mol. The molecule has 0 saturated heterocycles. The molecule has 1 unspecified atom stereocenters. The van der Waals surface area contributed by atoms with Gasteiger partial charge in [-0.05, 0) is 62.5 Å². The van der Waals surface area contributed by atoms with Crippen LogP contribution >= 0.6 is 11.3 Å². The zero-order chi connectivity index (χ0) is 12.6. The summed E-state index contributed by atoms with van der Waals surface area (Å²) in [4.78, 5) is 3.23. The minimum absolute atomic E-state index is 0.540. The lowest BCUT2D eigenvalue weighted by Gasteiger charge is -2.39. The molecule has 1 atom stereocenters. The SMILES string of the molecule is CC(NCC1(C)CCC1)c1cc2c(s1)CCCC2. The van der Waals surface area contributed by atoms with E-state index in [0.717, 1.165) is 0 Å². The van der Waals surface area contributed by atoms with Gasteiger partial charge in [0, 0.05) is 22.3 Å². The molecule has 0 amide bonds. The van der Waals surface area contributed by atoms with Crippen LogP contribution in [0.3, 0.4) is 0 Å². The van der Waals surface area contributed by atoms with Crippen molar-refractivity contribution >= 4 is 11.3 Å². The molecule has 1 aromatic rings. The average Bonchev–Trinajstić information content (AvgIpc) is 2.77. The van der Waals surface area contributed by atoms with Crippen molar-refractivity contribution in [2.24, 2.45) is 5.41 Å². The van der Waals surface area contributed by atoms with Crippen LogP contribution in [0.2, 0.25) is 0 Å². The van der Waals surface area contributed by atoms with Crippen LogP contribution in [-0.2, 0) is 12.8 Å². The van der Waals surface area contributed by atoms with E-state index in [1.165, 1.54) is 51.5 Å². The van der Waals surface area contributed by atoms with Gasteiger partial charge in [-0.3, -0.25) is 0 Å². The van der Waals surface area contributed by atoms with Crippen LogP contribution in [0.5, 0.6) is 0 Å². The van der Waals surface area contributed by atoms with Crippen molar-refractivity contribution in [1.29, 1.82) is 0 Å². The lowest BCUT2D eigenvalue weighted by Crippen LogP contribution is -2.38. The molecule has 0 aromatic carbocycles. The van der Waals surface area contributed by atoms with Crippen molar-refractivity contribution in [3.05, 3.63) is 21.4 Å². The molecule has 3 rings (SSSR count). The van der Waals surface area contributed by atoms with Crippen molar-refractivity contribution in [2.45, 2.75) is 64.8 Å². The standard InChI is InChI=1S/C16H25NS/c1-12(17-11-16(2)8-5-9-16)15-10-13-6-3-4-7-14(13)18-15/h10,12,17H,3-9,11H2,1-2H3. The van der Waals surface area contributed by atoms with E-state index in [9.17, 15) is 0 Å². The van der Waals surface area contributed by atoms with Crippen molar-refractivity contribution in [2.75, 3.05) is 6.54 Å². The van der Waals surface area contributed by atoms with Gasteiger partial charge >= 0.3 is 0 Å². The minimum Gasteiger partial charge on any atom is -0.309 e. The lowest BCUT2D eigenvalue weighted by atomic mass is 9.70. The van der Waals surface area contributed by atoms with Crippen molar-refractivity contribution in [1.82, 2.24) is 5.32 Å². The summed E-state index contributed by atoms with van der Waals surface area (Å²) in [6, 6.07) is 3.01. The van der Waals surface area contributed by atoms with Crippen LogP contribution in [0, 0.1) is 5.41 Å². The van der Waals surface area contributed by atoms with Gasteiger partial charge < -0.3 is 5.32 Å². The molecule has 1 nitrogen and oxygen atoms in total. The van der Waals surface area contributed by atoms with Gasteiger partial charge in [0.1, 0.15) is 0 Å². The molecule has 0 aliphatic heterocycles. The lowest BCUT2D eigenvalue weighted by molar-refractivity contribution is 0.152. The monoisotopic (exact) mass is 263 g/mol. The third-order valence-electron chi connectivity index (χ3n) is 4.84. The second-order valence-corrected chi connectivity index (χ2v) is 7.74. The zero-order valence-electron chi connectivity index (χ0n) is 11.7. The summed E-state index contributed by atoms with van der Waals surface area (Å²) in [5.74, 6) is 0. The molecule has 1 N–H and O–H groups in total. The predicted molar refractivity (Wildman–Crippen MR) is 79.3 cm³/mol. The van der Waals surface area contributed by atoms with Gasteiger partial charge in [0.2, 0.25) is 0 Å². The van der Waals surface area contributed by atoms with E-state index in [0.29, 0.717) is 11.5 Å². The van der Waals surface area contributed by atoms with Crippen LogP contribution in [0.25, 0.3) is 0 Å². The third kappa shape index (κ3) is 2.50. The van der Waals surface area contributed by atoms with Crippen LogP contribution in [0.1, 0.15) is 67.3 Å². The van der Waals surface area contributed by atoms with E-state index in [4.69, 9.17) is 0 Å². The summed E-state index contributed by atoms with van der Waals surface area (Å²) in [5.41, 5.74) is 2.23. The molecule has 2 aliphatic rings. The number of rotatable bonds is 4. The van der Waals surface area contributed by atoms with E-state index in [1.807, 2.05) is 0 Å². The summed E-state index contributed by atoms with van der Waals surface area (Å²) in [6.45, 7) is 5.95. The van der Waals surface area contributed by atoms with E-state index in [-0.39, 0.29) is 0 Å². The second-order valence-electron chi connectivity index (χ2n) is 6.57. The summed E-state index contributed by atoms with van der Waals surface area (Å²) < 4.78 is 0. The molecule has 0 radical (unpaired) electrons. The maximum atomic E-state index is 3.76. The van der Waals surface area contributed by atoms with Crippen molar-refractivity contribution in [3.63, 3.8) is 0 Å². The number of hydrogen-bond donors (Lipinski definition) is 1. The van der Waals surface area contributed by atoms with E-state index < -0.39 is 0 Å². The molecule has 1 fully saturated rings. The van der Waals surface area contributed by atoms with Gasteiger partial charge in [-0.1, -0.05) is 13.3 Å². The van der Waals surface area contributed by atoms with E-state index >= 15 is 0 Å². The fraction of sp³-hybridized carbons (Fsp3) is 0.750. The Morgan fingerprint density at radius 1 is 1.28 bits per heavy atom. The summed E-state index contributed by atoms with van der Waals surface area (Å²) in [7, 11) is 0. The largest absolute Gasteiger partial charge is 0.309 e. The first-order valence-corrected chi connectivity index (χ1v) is 8.33. The molecule has 2 aliphatic carbocycles. The smallest absolute Gasteiger partial charge is 0.0386 e. The topological polar surface area (TPSA) is 12.0 Å². The number of nitrogens with one attached hydrogen (secondary N) is 1. The summed E-state index contributed by atoms with van der Waals surface area (Å²) >= 11 is 2.06. The highest BCUT2D eigenvalue weighted by molar-refractivity contribution is 7.12. The number of hydrogen-bond acceptors (Lipinski definition) is 2. The fourth-order valence-electron chi connectivity index (χ4n) is 3.18. The predicted octanol–water partition coefficient (Wildman–Crippen LogP) is 4.47. The highest BCUT2D eigenvalue weighted by Crippen LogP contribution is 2.40. The molecule has 18 heavy (non-hydrogen) atoms. The van der Waals surface area contributed by atoms with Gasteiger partial charge in [-0.25, -0.2) is 0 Å². The Labute approximate surface area is 115 Å². The van der Waals surface area contributed by atoms with Crippen LogP contribution in [-0.4, -0.2) is 6.54 Å². The van der Waals surface area contributed by atoms with Gasteiger partial charge in [-0.2, -0.15) is 0 Å². The third-order valence-corrected chi connectivity index (χ3v) is 6.26. The first-order valence-electron chi connectivity index (χ1n) is 7.51. The summed E-state index contributed by atoms with van der Waals surface area (Å²) in [5, 5.41) is 3.76. The number of fused-ring (bicyclic) bond motifs is 1. The van der Waals surface area contributed by atoms with Crippen LogP contribution < -0.4 is 5.32 Å². The van der Waals surface area contributed by atoms with Gasteiger partial charge in [0.15, 0.2) is 0 Å². The Balaban J connectivity index is 1.61. The molecule has 1 heterocycles. The first kappa shape index (κ1) is 12.7. The Kier molecular flexibility index (Phi) is 3.50. The van der Waals surface area contributed by atoms with Gasteiger partial charge in [-0.15, -0.1) is 11.3 Å². The molecule has 0 bridgehead atoms. The molecule has 0 spiro atoms. The Morgan fingerprint density at radius 2 is 2.06 bits per heavy atom. The van der Waals surface area contributed by atoms with E-state index in [2.05, 4.69) is 36.6 Å². The Bertz CT molecular complexity index is 393. The first-order chi connectivity index (χ1) is 8.66. The quantitative estimate of drug-likeness (QED) is 0.845. The van der Waals surface area contributed by atoms with Gasteiger partial charge in [0.25, 0.3) is 0 Å². The normalized spacial score (nSPS) is 23.2. The Morgan fingerprint density at radius 3 is 2.72 bits per heavy atom. The molecular weight excluding hydrogens is 238 g/mol. The molecule has 2 heteroatoms. The Hall–Kier alpha value is -0.340. The number of thiophene rings is 1. The molecule has 100 valence electrons. The molecular formula is C16H25NS. The van der Waals surface area contributed by atoms with Crippen LogP contribution in [0.15, 0.2) is 6.07 Å². The highest BCUT2D eigenvalue weighted by atomic mass is 32.1. The number of aryl methyl sites for hydroxylation is 2. The highest BCUT2D eigenvalue weighted by Gasteiger charge is 2.31. The van der Waals surface area contributed by atoms with Crippen molar-refractivity contribution < 1.29 is 0 Å². The molecule has 1 saturated carbocycles. The maximum Gasteiger partial charge on any atom is 0.0386 e. The molecule has 1 aromatic heterocycles. The fourth-order valence-corrected chi connectivity index (χ4v) is 4.47. The zero-order valence-corrected chi connectivity index (χ0v) is 12.5. The minimum atomic E-state index is 0.540. The van der Waals surface area contributed by atoms with Gasteiger partial charge in [0.05, 0.1) is 0 Å².